The molecule has 0 fully saturated rings. The maximum Gasteiger partial charge on any atom is 0.408 e. The lowest BCUT2D eigenvalue weighted by Crippen LogP contribution is -2.37. The number of alkyl carbamates (subject to hydrolysis) is 1. The fourth-order valence-electron chi connectivity index (χ4n) is 2.79. The lowest BCUT2D eigenvalue weighted by Gasteiger charge is -2.24. The van der Waals surface area contributed by atoms with Crippen LogP contribution in [0.1, 0.15) is 64.1 Å². The number of rotatable bonds is 8. The molecule has 0 unspecified atom stereocenters. The number of aromatic nitrogens is 2. The molecule has 0 aliphatic heterocycles. The SMILES string of the molecule is CC[C@@H](C)[C@@H](NC(=O)OC(C)(C)C)c1nnc(SCC(=O)Nc2ccc(C)cc2C)o1. The average molecular weight is 449 g/mol. The van der Waals surface area contributed by atoms with Crippen molar-refractivity contribution in [2.24, 2.45) is 5.92 Å². The fourth-order valence-corrected chi connectivity index (χ4v) is 3.36. The molecule has 1 aromatic carbocycles. The van der Waals surface area contributed by atoms with E-state index in [4.69, 9.17) is 9.15 Å². The number of anilines is 1. The molecular weight excluding hydrogens is 416 g/mol. The Balaban J connectivity index is 1.99. The highest BCUT2D eigenvalue weighted by atomic mass is 32.2. The maximum absolute atomic E-state index is 12.3. The second kappa shape index (κ2) is 10.7. The highest BCUT2D eigenvalue weighted by Gasteiger charge is 2.28. The van der Waals surface area contributed by atoms with E-state index in [1.54, 1.807) is 20.8 Å². The summed E-state index contributed by atoms with van der Waals surface area (Å²) in [5, 5.41) is 14.1. The molecule has 0 saturated carbocycles. The molecule has 1 heterocycles. The smallest absolute Gasteiger partial charge is 0.408 e. The number of ether oxygens (including phenoxy) is 1. The van der Waals surface area contributed by atoms with Crippen LogP contribution in [-0.4, -0.2) is 33.6 Å². The van der Waals surface area contributed by atoms with Crippen molar-refractivity contribution in [3.63, 3.8) is 0 Å². The molecule has 2 N–H and O–H groups in total. The van der Waals surface area contributed by atoms with Crippen LogP contribution >= 0.6 is 11.8 Å². The normalized spacial score (nSPS) is 13.4. The van der Waals surface area contributed by atoms with E-state index in [1.165, 1.54) is 0 Å². The Morgan fingerprint density at radius 3 is 2.55 bits per heavy atom. The van der Waals surface area contributed by atoms with Gasteiger partial charge in [0.1, 0.15) is 11.6 Å². The van der Waals surface area contributed by atoms with Gasteiger partial charge < -0.3 is 19.8 Å². The van der Waals surface area contributed by atoms with Crippen LogP contribution in [0.2, 0.25) is 0 Å². The van der Waals surface area contributed by atoms with Crippen molar-refractivity contribution < 1.29 is 18.7 Å². The summed E-state index contributed by atoms with van der Waals surface area (Å²) in [5.41, 5.74) is 2.31. The molecule has 0 aliphatic rings. The number of carbonyl (C=O) groups is 2. The number of thioether (sulfide) groups is 1. The van der Waals surface area contributed by atoms with Crippen molar-refractivity contribution in [1.82, 2.24) is 15.5 Å². The molecule has 9 heteroatoms. The molecule has 8 nitrogen and oxygen atoms in total. The lowest BCUT2D eigenvalue weighted by atomic mass is 9.99. The van der Waals surface area contributed by atoms with Gasteiger partial charge in [-0.3, -0.25) is 4.79 Å². The standard InChI is InChI=1S/C22H32N4O4S/c1-8-14(3)18(24-20(28)30-22(5,6)7)19-25-26-21(29-19)31-12-17(27)23-16-10-9-13(2)11-15(16)4/h9-11,14,18H,8,12H2,1-7H3,(H,23,27)(H,24,28)/t14-,18-/m1/s1. The molecule has 2 aromatic rings. The molecular formula is C22H32N4O4S. The molecule has 0 spiro atoms. The summed E-state index contributed by atoms with van der Waals surface area (Å²) in [4.78, 5) is 24.5. The second-order valence-corrected chi connectivity index (χ2v) is 9.50. The summed E-state index contributed by atoms with van der Waals surface area (Å²) in [6, 6.07) is 5.37. The minimum Gasteiger partial charge on any atom is -0.444 e. The summed E-state index contributed by atoms with van der Waals surface area (Å²) in [7, 11) is 0. The Kier molecular flexibility index (Phi) is 8.50. The van der Waals surface area contributed by atoms with Crippen LogP contribution in [0, 0.1) is 19.8 Å². The lowest BCUT2D eigenvalue weighted by molar-refractivity contribution is -0.113. The first kappa shape index (κ1) is 24.7. The Hall–Kier alpha value is -2.55. The third-order valence-electron chi connectivity index (χ3n) is 4.56. The van der Waals surface area contributed by atoms with Gasteiger partial charge in [-0.05, 0) is 52.2 Å². The molecule has 0 radical (unpaired) electrons. The molecule has 2 rings (SSSR count). The number of nitrogens with zero attached hydrogens (tertiary/aromatic N) is 2. The summed E-state index contributed by atoms with van der Waals surface area (Å²) >= 11 is 1.15. The monoisotopic (exact) mass is 448 g/mol. The quantitative estimate of drug-likeness (QED) is 0.546. The van der Waals surface area contributed by atoms with Gasteiger partial charge in [-0.2, -0.15) is 0 Å². The molecule has 2 atom stereocenters. The predicted octanol–water partition coefficient (Wildman–Crippen LogP) is 5.03. The molecule has 0 aliphatic carbocycles. The number of hydrogen-bond donors (Lipinski definition) is 2. The Morgan fingerprint density at radius 2 is 1.94 bits per heavy atom. The number of amides is 2. The van der Waals surface area contributed by atoms with Crippen molar-refractivity contribution in [3.8, 4) is 0 Å². The van der Waals surface area contributed by atoms with Crippen LogP contribution in [-0.2, 0) is 9.53 Å². The van der Waals surface area contributed by atoms with Crippen LogP contribution < -0.4 is 10.6 Å². The Labute approximate surface area is 187 Å². The Bertz CT molecular complexity index is 907. The van der Waals surface area contributed by atoms with Gasteiger partial charge in [-0.15, -0.1) is 10.2 Å². The van der Waals surface area contributed by atoms with Crippen LogP contribution in [0.3, 0.4) is 0 Å². The number of benzene rings is 1. The van der Waals surface area contributed by atoms with E-state index in [2.05, 4.69) is 20.8 Å². The minimum atomic E-state index is -0.608. The van der Waals surface area contributed by atoms with Gasteiger partial charge in [0.25, 0.3) is 5.22 Å². The summed E-state index contributed by atoms with van der Waals surface area (Å²) < 4.78 is 11.1. The Morgan fingerprint density at radius 1 is 1.23 bits per heavy atom. The van der Waals surface area contributed by atoms with Gasteiger partial charge in [0.15, 0.2) is 0 Å². The molecule has 2 amide bonds. The molecule has 170 valence electrons. The topological polar surface area (TPSA) is 106 Å². The third-order valence-corrected chi connectivity index (χ3v) is 5.37. The minimum absolute atomic E-state index is 0.0543. The van der Waals surface area contributed by atoms with E-state index in [0.717, 1.165) is 35.0 Å². The summed E-state index contributed by atoms with van der Waals surface area (Å²) in [6.07, 6.45) is 0.252. The van der Waals surface area contributed by atoms with Gasteiger partial charge in [-0.25, -0.2) is 4.79 Å². The van der Waals surface area contributed by atoms with Crippen LogP contribution in [0.4, 0.5) is 10.5 Å². The fraction of sp³-hybridized carbons (Fsp3) is 0.545. The van der Waals surface area contributed by atoms with Crippen LogP contribution in [0.5, 0.6) is 0 Å². The zero-order valence-corrected chi connectivity index (χ0v) is 20.1. The van der Waals surface area contributed by atoms with E-state index in [-0.39, 0.29) is 28.7 Å². The molecule has 0 bridgehead atoms. The van der Waals surface area contributed by atoms with E-state index < -0.39 is 17.7 Å². The van der Waals surface area contributed by atoms with Crippen molar-refractivity contribution in [3.05, 3.63) is 35.2 Å². The summed E-state index contributed by atoms with van der Waals surface area (Å²) in [5.74, 6) is 0.306. The van der Waals surface area contributed by atoms with Gasteiger partial charge >= 0.3 is 6.09 Å². The van der Waals surface area contributed by atoms with Gasteiger partial charge in [0.2, 0.25) is 11.8 Å². The number of nitrogens with one attached hydrogen (secondary N) is 2. The number of hydrogen-bond acceptors (Lipinski definition) is 7. The highest BCUT2D eigenvalue weighted by Crippen LogP contribution is 2.27. The van der Waals surface area contributed by atoms with Crippen molar-refractivity contribution in [1.29, 1.82) is 0 Å². The molecule has 0 saturated heterocycles. The van der Waals surface area contributed by atoms with Crippen LogP contribution in [0.15, 0.2) is 27.8 Å². The van der Waals surface area contributed by atoms with E-state index >= 15 is 0 Å². The first-order valence-electron chi connectivity index (χ1n) is 10.3. The van der Waals surface area contributed by atoms with Crippen molar-refractivity contribution in [2.75, 3.05) is 11.1 Å². The number of aryl methyl sites for hydroxylation is 2. The zero-order chi connectivity index (χ0) is 23.2. The van der Waals surface area contributed by atoms with Gasteiger partial charge in [0, 0.05) is 5.69 Å². The predicted molar refractivity (Wildman–Crippen MR) is 121 cm³/mol. The van der Waals surface area contributed by atoms with Gasteiger partial charge in [-0.1, -0.05) is 49.7 Å². The van der Waals surface area contributed by atoms with Crippen molar-refractivity contribution in [2.45, 2.75) is 71.8 Å². The third kappa shape index (κ3) is 7.90. The summed E-state index contributed by atoms with van der Waals surface area (Å²) in [6.45, 7) is 13.4. The average Bonchev–Trinajstić information content (AvgIpc) is 3.13. The molecule has 31 heavy (non-hydrogen) atoms. The van der Waals surface area contributed by atoms with Crippen LogP contribution in [0.25, 0.3) is 0 Å². The largest absolute Gasteiger partial charge is 0.444 e. The van der Waals surface area contributed by atoms with E-state index in [0.29, 0.717) is 0 Å². The highest BCUT2D eigenvalue weighted by molar-refractivity contribution is 7.99. The van der Waals surface area contributed by atoms with E-state index in [1.807, 2.05) is 45.9 Å². The second-order valence-electron chi connectivity index (χ2n) is 8.57. The number of carbonyl (C=O) groups excluding carboxylic acids is 2. The molecule has 1 aromatic heterocycles. The first-order valence-corrected chi connectivity index (χ1v) is 11.3. The zero-order valence-electron chi connectivity index (χ0n) is 19.2. The van der Waals surface area contributed by atoms with Crippen molar-refractivity contribution >= 4 is 29.4 Å². The maximum atomic E-state index is 12.3. The first-order chi connectivity index (χ1) is 14.5. The van der Waals surface area contributed by atoms with E-state index in [9.17, 15) is 9.59 Å². The van der Waals surface area contributed by atoms with Gasteiger partial charge in [0.05, 0.1) is 5.75 Å².